The summed E-state index contributed by atoms with van der Waals surface area (Å²) in [5, 5.41) is 4.09. The lowest BCUT2D eigenvalue weighted by molar-refractivity contribution is 0.120. The highest BCUT2D eigenvalue weighted by Crippen LogP contribution is 2.26. The third kappa shape index (κ3) is 4.16. The first-order valence-corrected chi connectivity index (χ1v) is 8.97. The fourth-order valence-electron chi connectivity index (χ4n) is 2.86. The molecule has 0 unspecified atom stereocenters. The predicted molar refractivity (Wildman–Crippen MR) is 95.0 cm³/mol. The Morgan fingerprint density at radius 3 is 2.38 bits per heavy atom. The summed E-state index contributed by atoms with van der Waals surface area (Å²) in [6.07, 6.45) is 0. The molecule has 0 N–H and O–H groups in total. The number of ether oxygens (including phenoxy) is 2. The second kappa shape index (κ2) is 8.11. The quantitative estimate of drug-likeness (QED) is 0.781. The Kier molecular flexibility index (Phi) is 5.89. The van der Waals surface area contributed by atoms with E-state index in [9.17, 15) is 0 Å². The van der Waals surface area contributed by atoms with Crippen molar-refractivity contribution in [2.24, 2.45) is 0 Å². The monoisotopic (exact) mass is 368 g/mol. The first kappa shape index (κ1) is 17.4. The molecule has 0 aliphatic carbocycles. The number of hydrogen-bond acceptors (Lipinski definition) is 7. The highest BCUT2D eigenvalue weighted by molar-refractivity contribution is 7.10. The third-order valence-electron chi connectivity index (χ3n) is 4.23. The molecule has 0 radical (unpaired) electrons. The molecule has 0 amide bonds. The molecular weight excluding hydrogens is 348 g/mol. The topological polar surface area (TPSA) is 50.7 Å². The van der Waals surface area contributed by atoms with Gasteiger partial charge in [-0.1, -0.05) is 16.1 Å². The maximum Gasteiger partial charge on any atom is 0.138 e. The van der Waals surface area contributed by atoms with Crippen molar-refractivity contribution >= 4 is 23.1 Å². The van der Waals surface area contributed by atoms with Crippen molar-refractivity contribution < 1.29 is 9.47 Å². The fraction of sp³-hybridized carbons (Fsp3) is 0.500. The lowest BCUT2D eigenvalue weighted by Crippen LogP contribution is -2.45. The van der Waals surface area contributed by atoms with Crippen molar-refractivity contribution in [1.82, 2.24) is 19.4 Å². The largest absolute Gasteiger partial charge is 0.497 e. The van der Waals surface area contributed by atoms with Gasteiger partial charge in [0, 0.05) is 56.4 Å². The molecule has 1 fully saturated rings. The summed E-state index contributed by atoms with van der Waals surface area (Å²) in [5.41, 5.74) is 2.03. The van der Waals surface area contributed by atoms with Gasteiger partial charge in [0.05, 0.1) is 14.2 Å². The Morgan fingerprint density at radius 2 is 1.79 bits per heavy atom. The number of aromatic nitrogens is 2. The Labute approximate surface area is 151 Å². The molecule has 0 atom stereocenters. The SMILES string of the molecule is COc1ccc(OC)c(CN2CCN(Cc3nnsc3Cl)CC2)c1. The van der Waals surface area contributed by atoms with Crippen molar-refractivity contribution in [3.05, 3.63) is 33.8 Å². The molecule has 6 nitrogen and oxygen atoms in total. The summed E-state index contributed by atoms with van der Waals surface area (Å²) in [5.74, 6) is 1.76. The summed E-state index contributed by atoms with van der Waals surface area (Å²) >= 11 is 7.33. The van der Waals surface area contributed by atoms with Crippen molar-refractivity contribution in [2.75, 3.05) is 40.4 Å². The van der Waals surface area contributed by atoms with Crippen molar-refractivity contribution in [3.8, 4) is 11.5 Å². The van der Waals surface area contributed by atoms with Gasteiger partial charge in [-0.05, 0) is 18.2 Å². The Hall–Kier alpha value is -1.41. The summed E-state index contributed by atoms with van der Waals surface area (Å²) in [6.45, 7) is 5.59. The number of rotatable bonds is 6. The average molecular weight is 369 g/mol. The Morgan fingerprint density at radius 1 is 1.08 bits per heavy atom. The molecule has 24 heavy (non-hydrogen) atoms. The van der Waals surface area contributed by atoms with E-state index in [0.29, 0.717) is 4.34 Å². The second-order valence-corrected chi connectivity index (χ2v) is 7.08. The van der Waals surface area contributed by atoms with Crippen LogP contribution in [0.15, 0.2) is 18.2 Å². The van der Waals surface area contributed by atoms with Crippen LogP contribution in [0.25, 0.3) is 0 Å². The highest BCUT2D eigenvalue weighted by atomic mass is 35.5. The molecule has 130 valence electrons. The van der Waals surface area contributed by atoms with Gasteiger partial charge >= 0.3 is 0 Å². The Bertz CT molecular complexity index is 674. The van der Waals surface area contributed by atoms with E-state index in [4.69, 9.17) is 21.1 Å². The molecule has 0 spiro atoms. The van der Waals surface area contributed by atoms with Crippen molar-refractivity contribution in [1.29, 1.82) is 0 Å². The van der Waals surface area contributed by atoms with Crippen LogP contribution >= 0.6 is 23.1 Å². The van der Waals surface area contributed by atoms with Gasteiger partial charge < -0.3 is 9.47 Å². The number of benzene rings is 1. The van der Waals surface area contributed by atoms with Gasteiger partial charge in [-0.25, -0.2) is 0 Å². The number of piperazine rings is 1. The number of hydrogen-bond donors (Lipinski definition) is 0. The highest BCUT2D eigenvalue weighted by Gasteiger charge is 2.20. The summed E-state index contributed by atoms with van der Waals surface area (Å²) < 4.78 is 15.4. The van der Waals surface area contributed by atoms with Gasteiger partial charge in [0.15, 0.2) is 0 Å². The van der Waals surface area contributed by atoms with Gasteiger partial charge in [-0.3, -0.25) is 9.80 Å². The van der Waals surface area contributed by atoms with Gasteiger partial charge in [0.2, 0.25) is 0 Å². The molecule has 2 aromatic rings. The van der Waals surface area contributed by atoms with Crippen LogP contribution in [0.1, 0.15) is 11.3 Å². The van der Waals surface area contributed by atoms with Gasteiger partial charge in [-0.15, -0.1) is 5.10 Å². The first-order chi connectivity index (χ1) is 11.7. The molecule has 8 heteroatoms. The van der Waals surface area contributed by atoms with Gasteiger partial charge in [-0.2, -0.15) is 0 Å². The number of halogens is 1. The summed E-state index contributed by atoms with van der Waals surface area (Å²) in [4.78, 5) is 4.79. The molecule has 1 aliphatic heterocycles. The normalized spacial score (nSPS) is 16.3. The van der Waals surface area contributed by atoms with Crippen LogP contribution in [-0.4, -0.2) is 59.8 Å². The molecule has 1 aromatic carbocycles. The minimum absolute atomic E-state index is 0.693. The maximum atomic E-state index is 6.09. The van der Waals surface area contributed by atoms with Gasteiger partial charge in [0.1, 0.15) is 21.5 Å². The summed E-state index contributed by atoms with van der Waals surface area (Å²) in [7, 11) is 3.39. The van der Waals surface area contributed by atoms with Crippen LogP contribution in [0, 0.1) is 0 Å². The predicted octanol–water partition coefficient (Wildman–Crippen LogP) is 2.53. The van der Waals surface area contributed by atoms with Crippen molar-refractivity contribution in [3.63, 3.8) is 0 Å². The first-order valence-electron chi connectivity index (χ1n) is 7.82. The minimum atomic E-state index is 0.693. The summed E-state index contributed by atoms with van der Waals surface area (Å²) in [6, 6.07) is 5.93. The standard InChI is InChI=1S/C16H21ClN4O2S/c1-22-13-3-4-15(23-2)12(9-13)10-20-5-7-21(8-6-20)11-14-16(17)24-19-18-14/h3-4,9H,5-8,10-11H2,1-2H3. The van der Waals surface area contributed by atoms with Crippen LogP contribution in [0.2, 0.25) is 4.34 Å². The molecule has 0 saturated carbocycles. The van der Waals surface area contributed by atoms with E-state index in [-0.39, 0.29) is 0 Å². The van der Waals surface area contributed by atoms with Crippen LogP contribution in [0.4, 0.5) is 0 Å². The van der Waals surface area contributed by atoms with E-state index in [2.05, 4.69) is 19.4 Å². The van der Waals surface area contributed by atoms with E-state index in [1.54, 1.807) is 14.2 Å². The fourth-order valence-corrected chi connectivity index (χ4v) is 3.47. The molecule has 1 aromatic heterocycles. The maximum absolute atomic E-state index is 6.09. The van der Waals surface area contributed by atoms with E-state index >= 15 is 0 Å². The molecule has 2 heterocycles. The average Bonchev–Trinajstić information content (AvgIpc) is 3.01. The van der Waals surface area contributed by atoms with E-state index < -0.39 is 0 Å². The minimum Gasteiger partial charge on any atom is -0.497 e. The Balaban J connectivity index is 1.56. The van der Waals surface area contributed by atoms with Crippen LogP contribution in [0.3, 0.4) is 0 Å². The van der Waals surface area contributed by atoms with Gasteiger partial charge in [0.25, 0.3) is 0 Å². The zero-order valence-electron chi connectivity index (χ0n) is 13.9. The lowest BCUT2D eigenvalue weighted by Gasteiger charge is -2.34. The molecule has 3 rings (SSSR count). The smallest absolute Gasteiger partial charge is 0.138 e. The van der Waals surface area contributed by atoms with E-state index in [0.717, 1.165) is 62.0 Å². The zero-order valence-corrected chi connectivity index (χ0v) is 15.4. The van der Waals surface area contributed by atoms with Crippen LogP contribution in [-0.2, 0) is 13.1 Å². The lowest BCUT2D eigenvalue weighted by atomic mass is 10.1. The van der Waals surface area contributed by atoms with E-state index in [1.165, 1.54) is 11.5 Å². The molecule has 0 bridgehead atoms. The third-order valence-corrected chi connectivity index (χ3v) is 5.21. The molecular formula is C16H21ClN4O2S. The second-order valence-electron chi connectivity index (χ2n) is 5.72. The van der Waals surface area contributed by atoms with E-state index in [1.807, 2.05) is 18.2 Å². The zero-order chi connectivity index (χ0) is 16.9. The molecule has 1 saturated heterocycles. The van der Waals surface area contributed by atoms with Crippen molar-refractivity contribution in [2.45, 2.75) is 13.1 Å². The number of methoxy groups -OCH3 is 2. The molecule has 1 aliphatic rings. The van der Waals surface area contributed by atoms with Crippen LogP contribution < -0.4 is 9.47 Å². The van der Waals surface area contributed by atoms with Crippen LogP contribution in [0.5, 0.6) is 11.5 Å². The number of nitrogens with zero attached hydrogens (tertiary/aromatic N) is 4.